The molecule has 0 saturated carbocycles. The van der Waals surface area contributed by atoms with Crippen LogP contribution in [0.25, 0.3) is 10.9 Å². The smallest absolute Gasteiger partial charge is 0.258 e. The van der Waals surface area contributed by atoms with Gasteiger partial charge in [-0.05, 0) is 49.1 Å². The minimum atomic E-state index is -0.0430. The van der Waals surface area contributed by atoms with Crippen molar-refractivity contribution < 1.29 is 0 Å². The molecule has 0 radical (unpaired) electrons. The molecule has 5 rings (SSSR count). The largest absolute Gasteiger partial charge is 0.372 e. The first-order valence-electron chi connectivity index (χ1n) is 9.39. The molecule has 5 nitrogen and oxygen atoms in total. The topological polar surface area (TPSA) is 52.2 Å². The Kier molecular flexibility index (Phi) is 3.66. The Labute approximate surface area is 152 Å². The van der Waals surface area contributed by atoms with Gasteiger partial charge in [-0.15, -0.1) is 0 Å². The summed E-state index contributed by atoms with van der Waals surface area (Å²) in [6.45, 7) is 3.75. The number of rotatable bonds is 3. The number of aromatic nitrogens is 2. The maximum Gasteiger partial charge on any atom is 0.258 e. The van der Waals surface area contributed by atoms with Gasteiger partial charge in [-0.2, -0.15) is 0 Å². The zero-order chi connectivity index (χ0) is 17.5. The second kappa shape index (κ2) is 6.16. The third-order valence-corrected chi connectivity index (χ3v) is 5.53. The molecule has 0 amide bonds. The van der Waals surface area contributed by atoms with E-state index in [2.05, 4.69) is 45.1 Å². The van der Waals surface area contributed by atoms with Crippen molar-refractivity contribution in [1.29, 1.82) is 0 Å². The molecule has 0 spiro atoms. The SMILES string of the molecule is O=c1[nH]c(CN2CCc3ccccc32)nc2ccc(N3CCCC3)cc12. The third-order valence-electron chi connectivity index (χ3n) is 5.53. The second-order valence-corrected chi connectivity index (χ2v) is 7.21. The first-order chi connectivity index (χ1) is 12.8. The number of benzene rings is 2. The van der Waals surface area contributed by atoms with Crippen LogP contribution in [0.4, 0.5) is 11.4 Å². The van der Waals surface area contributed by atoms with Crippen molar-refractivity contribution >= 4 is 22.3 Å². The van der Waals surface area contributed by atoms with E-state index < -0.39 is 0 Å². The molecule has 2 aliphatic heterocycles. The van der Waals surface area contributed by atoms with E-state index in [9.17, 15) is 4.79 Å². The lowest BCUT2D eigenvalue weighted by molar-refractivity contribution is 0.787. The summed E-state index contributed by atoms with van der Waals surface area (Å²) in [6.07, 6.45) is 3.50. The zero-order valence-electron chi connectivity index (χ0n) is 14.7. The van der Waals surface area contributed by atoms with Crippen LogP contribution in [0.15, 0.2) is 47.3 Å². The van der Waals surface area contributed by atoms with Gasteiger partial charge in [0.25, 0.3) is 5.56 Å². The van der Waals surface area contributed by atoms with Crippen LogP contribution in [0.2, 0.25) is 0 Å². The molecule has 1 N–H and O–H groups in total. The molecule has 1 aromatic heterocycles. The maximum atomic E-state index is 12.7. The van der Waals surface area contributed by atoms with Gasteiger partial charge in [0.15, 0.2) is 0 Å². The standard InChI is InChI=1S/C21H22N4O/c26-21-17-13-16(24-10-3-4-11-24)7-8-18(17)22-20(23-21)14-25-12-9-15-5-1-2-6-19(15)25/h1-2,5-8,13H,3-4,9-12,14H2,(H,22,23,26). The van der Waals surface area contributed by atoms with Crippen LogP contribution in [0.1, 0.15) is 24.2 Å². The molecule has 132 valence electrons. The summed E-state index contributed by atoms with van der Waals surface area (Å²) < 4.78 is 0. The van der Waals surface area contributed by atoms with Gasteiger partial charge in [0, 0.05) is 31.0 Å². The highest BCUT2D eigenvalue weighted by molar-refractivity contribution is 5.81. The van der Waals surface area contributed by atoms with E-state index in [1.165, 1.54) is 24.1 Å². The fourth-order valence-corrected chi connectivity index (χ4v) is 4.17. The molecular formula is C21H22N4O. The van der Waals surface area contributed by atoms with Gasteiger partial charge in [0.05, 0.1) is 17.4 Å². The molecule has 5 heteroatoms. The zero-order valence-corrected chi connectivity index (χ0v) is 14.7. The normalized spacial score (nSPS) is 16.5. The Balaban J connectivity index is 1.46. The molecule has 0 aliphatic carbocycles. The van der Waals surface area contributed by atoms with E-state index in [4.69, 9.17) is 4.98 Å². The van der Waals surface area contributed by atoms with E-state index in [0.717, 1.165) is 43.1 Å². The van der Waals surface area contributed by atoms with Gasteiger partial charge >= 0.3 is 0 Å². The number of anilines is 2. The molecule has 0 unspecified atom stereocenters. The van der Waals surface area contributed by atoms with Crippen molar-refractivity contribution in [3.8, 4) is 0 Å². The molecule has 0 atom stereocenters. The lowest BCUT2D eigenvalue weighted by Crippen LogP contribution is -2.24. The average Bonchev–Trinajstić information content (AvgIpc) is 3.32. The van der Waals surface area contributed by atoms with Gasteiger partial charge in [0.2, 0.25) is 0 Å². The Morgan fingerprint density at radius 2 is 1.88 bits per heavy atom. The number of hydrogen-bond donors (Lipinski definition) is 1. The molecule has 0 bridgehead atoms. The molecule has 2 aliphatic rings. The number of hydrogen-bond acceptors (Lipinski definition) is 4. The third kappa shape index (κ3) is 2.64. The summed E-state index contributed by atoms with van der Waals surface area (Å²) >= 11 is 0. The molecule has 26 heavy (non-hydrogen) atoms. The van der Waals surface area contributed by atoms with Crippen molar-refractivity contribution in [2.24, 2.45) is 0 Å². The summed E-state index contributed by atoms with van der Waals surface area (Å²) in [4.78, 5) is 25.0. The van der Waals surface area contributed by atoms with Crippen molar-refractivity contribution in [2.75, 3.05) is 29.4 Å². The lowest BCUT2D eigenvalue weighted by Gasteiger charge is -2.19. The summed E-state index contributed by atoms with van der Waals surface area (Å²) in [5, 5.41) is 0.681. The fraction of sp³-hybridized carbons (Fsp3) is 0.333. The molecule has 3 heterocycles. The monoisotopic (exact) mass is 346 g/mol. The lowest BCUT2D eigenvalue weighted by atomic mass is 10.2. The molecule has 2 aromatic carbocycles. The van der Waals surface area contributed by atoms with Crippen LogP contribution in [0.3, 0.4) is 0 Å². The van der Waals surface area contributed by atoms with Gasteiger partial charge < -0.3 is 14.8 Å². The van der Waals surface area contributed by atoms with Crippen molar-refractivity contribution in [1.82, 2.24) is 9.97 Å². The number of nitrogens with zero attached hydrogens (tertiary/aromatic N) is 3. The first kappa shape index (κ1) is 15.4. The summed E-state index contributed by atoms with van der Waals surface area (Å²) in [5.74, 6) is 0.730. The number of nitrogens with one attached hydrogen (secondary N) is 1. The fourth-order valence-electron chi connectivity index (χ4n) is 4.17. The predicted molar refractivity (Wildman–Crippen MR) is 105 cm³/mol. The average molecular weight is 346 g/mol. The van der Waals surface area contributed by atoms with E-state index in [1.54, 1.807) is 0 Å². The van der Waals surface area contributed by atoms with Crippen molar-refractivity contribution in [2.45, 2.75) is 25.8 Å². The van der Waals surface area contributed by atoms with Gasteiger partial charge in [-0.3, -0.25) is 4.79 Å². The predicted octanol–water partition coefficient (Wildman–Crippen LogP) is 3.09. The number of H-pyrrole nitrogens is 1. The summed E-state index contributed by atoms with van der Waals surface area (Å²) in [6, 6.07) is 14.5. The first-order valence-corrected chi connectivity index (χ1v) is 9.39. The van der Waals surface area contributed by atoms with Gasteiger partial charge in [-0.25, -0.2) is 4.98 Å². The van der Waals surface area contributed by atoms with Crippen LogP contribution < -0.4 is 15.4 Å². The quantitative estimate of drug-likeness (QED) is 0.792. The molecule has 1 saturated heterocycles. The highest BCUT2D eigenvalue weighted by atomic mass is 16.1. The van der Waals surface area contributed by atoms with Gasteiger partial charge in [0.1, 0.15) is 5.82 Å². The van der Waals surface area contributed by atoms with Crippen LogP contribution in [0, 0.1) is 0 Å². The van der Waals surface area contributed by atoms with Crippen molar-refractivity contribution in [3.05, 3.63) is 64.2 Å². The summed E-state index contributed by atoms with van der Waals surface area (Å²) in [5.41, 5.74) is 4.48. The van der Waals surface area contributed by atoms with Crippen LogP contribution >= 0.6 is 0 Å². The maximum absolute atomic E-state index is 12.7. The van der Waals surface area contributed by atoms with Crippen LogP contribution in [0.5, 0.6) is 0 Å². The highest BCUT2D eigenvalue weighted by Gasteiger charge is 2.20. The second-order valence-electron chi connectivity index (χ2n) is 7.21. The van der Waals surface area contributed by atoms with Crippen molar-refractivity contribution in [3.63, 3.8) is 0 Å². The Hall–Kier alpha value is -2.82. The van der Waals surface area contributed by atoms with E-state index >= 15 is 0 Å². The minimum Gasteiger partial charge on any atom is -0.372 e. The Bertz CT molecular complexity index is 1020. The Morgan fingerprint density at radius 3 is 2.77 bits per heavy atom. The van der Waals surface area contributed by atoms with E-state index in [0.29, 0.717) is 11.9 Å². The summed E-state index contributed by atoms with van der Waals surface area (Å²) in [7, 11) is 0. The number of aromatic amines is 1. The van der Waals surface area contributed by atoms with E-state index in [-0.39, 0.29) is 5.56 Å². The number of para-hydroxylation sites is 1. The minimum absolute atomic E-state index is 0.0430. The van der Waals surface area contributed by atoms with Gasteiger partial charge in [-0.1, -0.05) is 18.2 Å². The van der Waals surface area contributed by atoms with Crippen LogP contribution in [-0.2, 0) is 13.0 Å². The molecule has 3 aromatic rings. The van der Waals surface area contributed by atoms with E-state index in [1.807, 2.05) is 12.1 Å². The highest BCUT2D eigenvalue weighted by Crippen LogP contribution is 2.28. The molecular weight excluding hydrogens is 324 g/mol. The Morgan fingerprint density at radius 1 is 1.04 bits per heavy atom. The van der Waals surface area contributed by atoms with Crippen LogP contribution in [-0.4, -0.2) is 29.6 Å². The number of fused-ring (bicyclic) bond motifs is 2. The molecule has 1 fully saturated rings.